The molecule has 0 bridgehead atoms. The summed E-state index contributed by atoms with van der Waals surface area (Å²) in [5, 5.41) is 0.0855. The highest BCUT2D eigenvalue weighted by Gasteiger charge is 2.44. The largest absolute Gasteiger partial charge is 0.339 e. The standard InChI is InChI=1S/C18H31N3O3S/c1-12(2)10-16-21(17(23)13(3)4)15(11-25-16)18(24)20-8-6-19(7-9-20)14(5)22/h12-13,15-16H,6-11H2,1-5H3. The van der Waals surface area contributed by atoms with Crippen LogP contribution in [0.25, 0.3) is 0 Å². The summed E-state index contributed by atoms with van der Waals surface area (Å²) in [6.07, 6.45) is 0.908. The third-order valence-corrected chi connectivity index (χ3v) is 6.15. The normalized spacial score (nSPS) is 24.4. The quantitative estimate of drug-likeness (QED) is 0.756. The maximum Gasteiger partial charge on any atom is 0.246 e. The number of hydrogen-bond donors (Lipinski definition) is 0. The number of carbonyl (C=O) groups is 3. The van der Waals surface area contributed by atoms with Gasteiger partial charge in [0.05, 0.1) is 5.37 Å². The third-order valence-electron chi connectivity index (χ3n) is 4.84. The van der Waals surface area contributed by atoms with Crippen LogP contribution in [0.3, 0.4) is 0 Å². The van der Waals surface area contributed by atoms with E-state index in [4.69, 9.17) is 0 Å². The van der Waals surface area contributed by atoms with Gasteiger partial charge in [-0.15, -0.1) is 11.8 Å². The lowest BCUT2D eigenvalue weighted by molar-refractivity contribution is -0.148. The van der Waals surface area contributed by atoms with Crippen molar-refractivity contribution in [1.29, 1.82) is 0 Å². The fourth-order valence-corrected chi connectivity index (χ4v) is 5.02. The second-order valence-electron chi connectivity index (χ2n) is 7.66. The van der Waals surface area contributed by atoms with Gasteiger partial charge >= 0.3 is 0 Å². The number of hydrogen-bond acceptors (Lipinski definition) is 4. The van der Waals surface area contributed by atoms with Crippen LogP contribution in [0.15, 0.2) is 0 Å². The van der Waals surface area contributed by atoms with Crippen molar-refractivity contribution >= 4 is 29.5 Å². The molecule has 2 saturated heterocycles. The molecule has 7 heteroatoms. The van der Waals surface area contributed by atoms with E-state index in [1.165, 1.54) is 0 Å². The molecule has 3 amide bonds. The second kappa shape index (κ2) is 8.43. The molecule has 2 atom stereocenters. The van der Waals surface area contributed by atoms with E-state index in [1.807, 2.05) is 23.6 Å². The van der Waals surface area contributed by atoms with Gasteiger partial charge in [0.2, 0.25) is 17.7 Å². The average molecular weight is 370 g/mol. The topological polar surface area (TPSA) is 60.9 Å². The lowest BCUT2D eigenvalue weighted by Gasteiger charge is -2.38. The predicted octanol–water partition coefficient (Wildman–Crippen LogP) is 1.65. The molecule has 2 heterocycles. The van der Waals surface area contributed by atoms with Crippen molar-refractivity contribution < 1.29 is 14.4 Å². The molecular weight excluding hydrogens is 338 g/mol. The van der Waals surface area contributed by atoms with Crippen LogP contribution in [0.1, 0.15) is 41.0 Å². The van der Waals surface area contributed by atoms with Gasteiger partial charge in [0.1, 0.15) is 6.04 Å². The second-order valence-corrected chi connectivity index (χ2v) is 8.88. The highest BCUT2D eigenvalue weighted by molar-refractivity contribution is 8.00. The Morgan fingerprint density at radius 3 is 2.04 bits per heavy atom. The van der Waals surface area contributed by atoms with E-state index in [-0.39, 0.29) is 35.1 Å². The first-order chi connectivity index (χ1) is 11.7. The average Bonchev–Trinajstić information content (AvgIpc) is 2.96. The molecule has 0 aromatic heterocycles. The van der Waals surface area contributed by atoms with Gasteiger partial charge in [-0.1, -0.05) is 27.7 Å². The van der Waals surface area contributed by atoms with E-state index in [0.29, 0.717) is 37.8 Å². The van der Waals surface area contributed by atoms with Crippen molar-refractivity contribution in [2.45, 2.75) is 52.5 Å². The molecule has 142 valence electrons. The number of rotatable bonds is 4. The van der Waals surface area contributed by atoms with Crippen LogP contribution >= 0.6 is 11.8 Å². The zero-order valence-electron chi connectivity index (χ0n) is 16.0. The van der Waals surface area contributed by atoms with Crippen molar-refractivity contribution in [3.8, 4) is 0 Å². The highest BCUT2D eigenvalue weighted by Crippen LogP contribution is 2.35. The minimum absolute atomic E-state index is 0.0379. The summed E-state index contributed by atoms with van der Waals surface area (Å²) in [6.45, 7) is 11.9. The number of thioether (sulfide) groups is 1. The Balaban J connectivity index is 2.09. The minimum Gasteiger partial charge on any atom is -0.339 e. The molecule has 0 saturated carbocycles. The molecule has 0 N–H and O–H groups in total. The van der Waals surface area contributed by atoms with Crippen molar-refractivity contribution in [1.82, 2.24) is 14.7 Å². The minimum atomic E-state index is -0.368. The summed E-state index contributed by atoms with van der Waals surface area (Å²) in [7, 11) is 0. The molecule has 2 aliphatic heterocycles. The van der Waals surface area contributed by atoms with Crippen LogP contribution in [-0.2, 0) is 14.4 Å². The van der Waals surface area contributed by atoms with Crippen LogP contribution in [0, 0.1) is 11.8 Å². The van der Waals surface area contributed by atoms with Gasteiger partial charge in [0.25, 0.3) is 0 Å². The molecule has 0 radical (unpaired) electrons. The third kappa shape index (κ3) is 4.68. The van der Waals surface area contributed by atoms with Crippen LogP contribution in [0.5, 0.6) is 0 Å². The van der Waals surface area contributed by atoms with Gasteiger partial charge in [0.15, 0.2) is 0 Å². The predicted molar refractivity (Wildman–Crippen MR) is 100 cm³/mol. The van der Waals surface area contributed by atoms with Gasteiger partial charge in [-0.25, -0.2) is 0 Å². The summed E-state index contributed by atoms with van der Waals surface area (Å²) in [5.74, 6) is 1.19. The maximum absolute atomic E-state index is 13.1. The summed E-state index contributed by atoms with van der Waals surface area (Å²) in [6, 6.07) is -0.368. The Kier molecular flexibility index (Phi) is 6.77. The van der Waals surface area contributed by atoms with Gasteiger partial charge in [-0.05, 0) is 12.3 Å². The van der Waals surface area contributed by atoms with Gasteiger partial charge < -0.3 is 14.7 Å². The molecule has 2 rings (SSSR count). The molecule has 0 aliphatic carbocycles. The van der Waals surface area contributed by atoms with Crippen molar-refractivity contribution in [3.63, 3.8) is 0 Å². The van der Waals surface area contributed by atoms with Gasteiger partial charge in [-0.3, -0.25) is 14.4 Å². The van der Waals surface area contributed by atoms with E-state index in [2.05, 4.69) is 13.8 Å². The molecule has 25 heavy (non-hydrogen) atoms. The van der Waals surface area contributed by atoms with Crippen LogP contribution in [0.4, 0.5) is 0 Å². The molecule has 6 nitrogen and oxygen atoms in total. The fourth-order valence-electron chi connectivity index (χ4n) is 3.38. The number of amides is 3. The SMILES string of the molecule is CC(=O)N1CCN(C(=O)C2CSC(CC(C)C)N2C(=O)C(C)C)CC1. The molecule has 2 fully saturated rings. The van der Waals surface area contributed by atoms with Crippen molar-refractivity contribution in [2.75, 3.05) is 31.9 Å². The first-order valence-electron chi connectivity index (χ1n) is 9.20. The number of piperazine rings is 1. The Hall–Kier alpha value is -1.24. The van der Waals surface area contributed by atoms with E-state index in [0.717, 1.165) is 6.42 Å². The van der Waals surface area contributed by atoms with Crippen LogP contribution < -0.4 is 0 Å². The first-order valence-corrected chi connectivity index (χ1v) is 10.2. The summed E-state index contributed by atoms with van der Waals surface area (Å²) in [5.41, 5.74) is 0. The number of carbonyl (C=O) groups excluding carboxylic acids is 3. The lowest BCUT2D eigenvalue weighted by atomic mass is 10.1. The van der Waals surface area contributed by atoms with E-state index < -0.39 is 0 Å². The van der Waals surface area contributed by atoms with E-state index in [9.17, 15) is 14.4 Å². The van der Waals surface area contributed by atoms with Crippen LogP contribution in [-0.4, -0.2) is 75.8 Å². The molecule has 0 aromatic carbocycles. The van der Waals surface area contributed by atoms with E-state index >= 15 is 0 Å². The summed E-state index contributed by atoms with van der Waals surface area (Å²) >= 11 is 1.72. The summed E-state index contributed by atoms with van der Waals surface area (Å²) in [4.78, 5) is 42.7. The Labute approximate surface area is 155 Å². The zero-order chi connectivity index (χ0) is 18.7. The smallest absolute Gasteiger partial charge is 0.246 e. The summed E-state index contributed by atoms with van der Waals surface area (Å²) < 4.78 is 0. The van der Waals surface area contributed by atoms with Crippen LogP contribution in [0.2, 0.25) is 0 Å². The Morgan fingerprint density at radius 2 is 1.56 bits per heavy atom. The van der Waals surface area contributed by atoms with Crippen molar-refractivity contribution in [2.24, 2.45) is 11.8 Å². The zero-order valence-corrected chi connectivity index (χ0v) is 16.8. The number of nitrogens with zero attached hydrogens (tertiary/aromatic N) is 3. The van der Waals surface area contributed by atoms with E-state index in [1.54, 1.807) is 23.6 Å². The van der Waals surface area contributed by atoms with Crippen molar-refractivity contribution in [3.05, 3.63) is 0 Å². The fraction of sp³-hybridized carbons (Fsp3) is 0.833. The lowest BCUT2D eigenvalue weighted by Crippen LogP contribution is -2.57. The molecule has 0 spiro atoms. The van der Waals surface area contributed by atoms with Gasteiger partial charge in [-0.2, -0.15) is 0 Å². The van der Waals surface area contributed by atoms with Gasteiger partial charge in [0, 0.05) is 44.8 Å². The molecular formula is C18H31N3O3S. The first kappa shape index (κ1) is 20.1. The molecule has 2 aliphatic rings. The monoisotopic (exact) mass is 369 g/mol. The maximum atomic E-state index is 13.1. The highest BCUT2D eigenvalue weighted by atomic mass is 32.2. The Bertz CT molecular complexity index is 516. The molecule has 0 aromatic rings. The Morgan fingerprint density at radius 1 is 1.00 bits per heavy atom. The molecule has 2 unspecified atom stereocenters.